The van der Waals surface area contributed by atoms with E-state index in [1.165, 1.54) is 41.5 Å². The van der Waals surface area contributed by atoms with Crippen molar-refractivity contribution in [1.29, 1.82) is 10.5 Å². The Hall–Kier alpha value is -14.4. The number of furan rings is 2. The third-order valence-corrected chi connectivity index (χ3v) is 33.8. The fourth-order valence-corrected chi connectivity index (χ4v) is 28.4. The number of benzene rings is 18. The summed E-state index contributed by atoms with van der Waals surface area (Å²) >= 11 is 0. The van der Waals surface area contributed by atoms with Crippen LogP contribution in [0.15, 0.2) is 397 Å². The van der Waals surface area contributed by atoms with Crippen molar-refractivity contribution >= 4 is 168 Å². The molecule has 116 heavy (non-hydrogen) atoms. The number of hydrogen-bond acceptors (Lipinski definition) is 6. The first-order valence-electron chi connectivity index (χ1n) is 39.9. The van der Waals surface area contributed by atoms with Gasteiger partial charge in [0.05, 0.1) is 45.3 Å². The fraction of sp³-hybridized carbons (Fsp3) is 0.0556. The van der Waals surface area contributed by atoms with E-state index >= 15 is 0 Å². The van der Waals surface area contributed by atoms with Crippen LogP contribution in [0.5, 0.6) is 0 Å². The first-order valence-corrected chi connectivity index (χ1v) is 43.9. The number of rotatable bonds is 18. The molecule has 8 heteroatoms. The Morgan fingerprint density at radius 3 is 0.845 bits per heavy atom. The van der Waals surface area contributed by atoms with Gasteiger partial charge in [0.15, 0.2) is 27.3 Å². The van der Waals surface area contributed by atoms with E-state index in [9.17, 15) is 10.5 Å². The average Bonchev–Trinajstić information content (AvgIpc) is 0.794. The Labute approximate surface area is 676 Å². The second-order valence-corrected chi connectivity index (χ2v) is 38.7. The van der Waals surface area contributed by atoms with Crippen molar-refractivity contribution in [2.45, 2.75) is 39.5 Å². The molecule has 0 amide bonds. The average molecular weight is 1520 g/mol. The number of hydrogen-bond donors (Lipinski definition) is 0. The van der Waals surface area contributed by atoms with Crippen molar-refractivity contribution in [3.8, 4) is 34.4 Å². The van der Waals surface area contributed by atoms with Crippen molar-refractivity contribution in [2.75, 3.05) is 9.80 Å². The van der Waals surface area contributed by atoms with Gasteiger partial charge in [-0.2, -0.15) is 10.5 Å². The van der Waals surface area contributed by atoms with Crippen LogP contribution in [-0.4, -0.2) is 16.1 Å². The third-order valence-electron chi connectivity index (χ3n) is 24.2. The van der Waals surface area contributed by atoms with Gasteiger partial charge in [0.25, 0.3) is 0 Å². The maximum atomic E-state index is 11.8. The molecule has 20 aromatic rings. The molecule has 0 unspecified atom stereocenters. The lowest BCUT2D eigenvalue weighted by molar-refractivity contribution is 0.668. The van der Waals surface area contributed by atoms with Crippen LogP contribution in [0.1, 0.15) is 61.8 Å². The van der Waals surface area contributed by atoms with Gasteiger partial charge < -0.3 is 18.6 Å². The van der Waals surface area contributed by atoms with Gasteiger partial charge >= 0.3 is 0 Å². The molecule has 0 aliphatic carbocycles. The maximum absolute atomic E-state index is 11.8. The molecule has 0 saturated carbocycles. The summed E-state index contributed by atoms with van der Waals surface area (Å²) in [5.74, 6) is 0.0755. The number of nitriles is 2. The molecule has 2 aromatic heterocycles. The normalized spacial score (nSPS) is 11.9. The molecule has 20 rings (SSSR count). The monoisotopic (exact) mass is 1520 g/mol. The molecular formula is C108H78N4O2Si2. The number of fused-ring (bicyclic) bond motifs is 6. The highest BCUT2D eigenvalue weighted by Crippen LogP contribution is 2.54. The van der Waals surface area contributed by atoms with Crippen LogP contribution in [0.2, 0.25) is 0 Å². The van der Waals surface area contributed by atoms with Crippen LogP contribution in [0.25, 0.3) is 98.4 Å². The molecule has 550 valence electrons. The molecule has 2 heterocycles. The van der Waals surface area contributed by atoms with Crippen molar-refractivity contribution in [1.82, 2.24) is 0 Å². The molecule has 0 aliphatic heterocycles. The first kappa shape index (κ1) is 70.7. The standard InChI is InChI=1S/C108H78N4O2Si2/c1-71(2)95-67-101(111(97-45-27-43-91-87-41-23-25-47-103(87)113-107(91)97)99-65-75(49-51-77(99)69-109)73-53-57-85(58-54-73)115(79-29-11-5-12-30-79,80-31-13-6-14-32-80)81-33-15-7-16-34-81)93-64-62-90-96(72(3)4)68-102(94-63-61-89(95)105(93)106(90)94)112(98-46-28-44-92-88-42-24-26-48-104(88)114-108(92)98)100-66-76(50-52-78(100)70-110)74-55-59-86(60-56-74)116(82-35-17-8-18-36-82,83-37-19-9-20-38-83)84-39-21-10-22-40-84/h5-68,71-72H,1-4H3. The first-order chi connectivity index (χ1) is 57.1. The summed E-state index contributed by atoms with van der Waals surface area (Å²) < 4.78 is 14.3. The minimum Gasteiger partial charge on any atom is -0.454 e. The van der Waals surface area contributed by atoms with Gasteiger partial charge in [-0.1, -0.05) is 355 Å². The number of nitrogens with zero attached hydrogens (tertiary/aromatic N) is 4. The van der Waals surface area contributed by atoms with Crippen molar-refractivity contribution in [3.05, 3.63) is 411 Å². The van der Waals surface area contributed by atoms with E-state index in [1.54, 1.807) is 0 Å². The zero-order valence-electron chi connectivity index (χ0n) is 64.7. The summed E-state index contributed by atoms with van der Waals surface area (Å²) in [5.41, 5.74) is 15.1. The van der Waals surface area contributed by atoms with Crippen LogP contribution < -0.4 is 51.3 Å². The van der Waals surface area contributed by atoms with Crippen LogP contribution in [0, 0.1) is 22.7 Å². The zero-order chi connectivity index (χ0) is 78.2. The lowest BCUT2D eigenvalue weighted by atomic mass is 9.84. The number of para-hydroxylation sites is 4. The highest BCUT2D eigenvalue weighted by atomic mass is 28.3. The van der Waals surface area contributed by atoms with Crippen molar-refractivity contribution in [3.63, 3.8) is 0 Å². The highest BCUT2D eigenvalue weighted by Gasteiger charge is 2.43. The Bertz CT molecular complexity index is 6590. The zero-order valence-corrected chi connectivity index (χ0v) is 66.7. The predicted octanol–water partition coefficient (Wildman–Crippen LogP) is 23.4. The number of anilines is 6. The molecule has 0 spiro atoms. The molecule has 0 aliphatic rings. The summed E-state index contributed by atoms with van der Waals surface area (Å²) in [4.78, 5) is 4.64. The highest BCUT2D eigenvalue weighted by molar-refractivity contribution is 7.20. The van der Waals surface area contributed by atoms with E-state index in [2.05, 4.69) is 401 Å². The minimum absolute atomic E-state index is 0.0378. The lowest BCUT2D eigenvalue weighted by Gasteiger charge is -2.34. The second-order valence-electron chi connectivity index (χ2n) is 31.1. The lowest BCUT2D eigenvalue weighted by Crippen LogP contribution is -2.74. The molecule has 0 N–H and O–H groups in total. The van der Waals surface area contributed by atoms with Gasteiger partial charge in [-0.25, -0.2) is 0 Å². The molecule has 0 bridgehead atoms. The fourth-order valence-electron chi connectivity index (χ4n) is 18.9. The molecule has 0 atom stereocenters. The van der Waals surface area contributed by atoms with Gasteiger partial charge in [0.2, 0.25) is 0 Å². The Morgan fingerprint density at radius 1 is 0.241 bits per heavy atom. The Kier molecular flexibility index (Phi) is 17.7. The van der Waals surface area contributed by atoms with E-state index < -0.39 is 16.1 Å². The predicted molar refractivity (Wildman–Crippen MR) is 490 cm³/mol. The second kappa shape index (κ2) is 29.0. The molecule has 0 fully saturated rings. The third kappa shape index (κ3) is 11.4. The summed E-state index contributed by atoms with van der Waals surface area (Å²) in [7, 11) is -5.74. The van der Waals surface area contributed by atoms with Gasteiger partial charge in [0.1, 0.15) is 23.3 Å². The van der Waals surface area contributed by atoms with E-state index in [0.29, 0.717) is 33.7 Å². The van der Waals surface area contributed by atoms with Gasteiger partial charge in [-0.3, -0.25) is 0 Å². The van der Waals surface area contributed by atoms with Crippen LogP contribution >= 0.6 is 0 Å². The van der Waals surface area contributed by atoms with Gasteiger partial charge in [-0.15, -0.1) is 0 Å². The molecule has 18 aromatic carbocycles. The quantitative estimate of drug-likeness (QED) is 0.0484. The SMILES string of the molecule is CC(C)c1cc(N(c2cc(-c3ccc([Si](c4ccccc4)(c4ccccc4)c4ccccc4)cc3)ccc2C#N)c2cccc3c2oc2ccccc23)c2ccc3c(C(C)C)cc(N(c4cc(-c5ccc([Si](c6ccccc6)(c6ccccc6)c6ccccc6)cc5)ccc4C#N)c4cccc5c4oc4ccccc45)c4ccc1c2c34. The smallest absolute Gasteiger partial charge is 0.179 e. The van der Waals surface area contributed by atoms with E-state index in [-0.39, 0.29) is 11.8 Å². The molecular weight excluding hydrogens is 1440 g/mol. The largest absolute Gasteiger partial charge is 0.454 e. The summed E-state index contributed by atoms with van der Waals surface area (Å²) in [5, 5.41) is 44.3. The van der Waals surface area contributed by atoms with E-state index in [0.717, 1.165) is 121 Å². The maximum Gasteiger partial charge on any atom is 0.179 e. The van der Waals surface area contributed by atoms with Crippen LogP contribution in [-0.2, 0) is 0 Å². The van der Waals surface area contributed by atoms with Crippen LogP contribution in [0.3, 0.4) is 0 Å². The van der Waals surface area contributed by atoms with Crippen LogP contribution in [0.4, 0.5) is 34.1 Å². The summed E-state index contributed by atoms with van der Waals surface area (Å²) in [6.45, 7) is 9.15. The molecule has 6 nitrogen and oxygen atoms in total. The van der Waals surface area contributed by atoms with E-state index in [4.69, 9.17) is 8.83 Å². The van der Waals surface area contributed by atoms with Gasteiger partial charge in [-0.05, 0) is 169 Å². The molecule has 0 radical (unpaired) electrons. The summed E-state index contributed by atoms with van der Waals surface area (Å²) in [6, 6.07) is 146. The van der Waals surface area contributed by atoms with Crippen molar-refractivity contribution in [2.24, 2.45) is 0 Å². The topological polar surface area (TPSA) is 80.3 Å². The minimum atomic E-state index is -2.87. The van der Waals surface area contributed by atoms with Gasteiger partial charge in [0, 0.05) is 32.3 Å². The summed E-state index contributed by atoms with van der Waals surface area (Å²) in [6.07, 6.45) is 0. The van der Waals surface area contributed by atoms with E-state index in [1.807, 2.05) is 36.4 Å². The Balaban J connectivity index is 0.816. The van der Waals surface area contributed by atoms with Crippen molar-refractivity contribution < 1.29 is 8.83 Å². The molecule has 0 saturated heterocycles. The Morgan fingerprint density at radius 2 is 0.526 bits per heavy atom.